The SMILES string of the molecule is Cc1ccc2c3c(nn2c1)CCC(C)(O)C3. The normalized spacial score (nSPS) is 24.7. The van der Waals surface area contributed by atoms with Crippen molar-refractivity contribution in [3.8, 4) is 0 Å². The second kappa shape index (κ2) is 3.08. The minimum atomic E-state index is -0.568. The standard InChI is InChI=1S/C13H16N2O/c1-9-3-4-12-10-7-13(2,16)6-5-11(10)14-15(12)8-9/h3-4,8,16H,5-7H2,1-2H3. The number of nitrogens with zero attached hydrogens (tertiary/aromatic N) is 2. The fraction of sp³-hybridized carbons (Fsp3) is 0.462. The van der Waals surface area contributed by atoms with Crippen LogP contribution in [-0.4, -0.2) is 20.3 Å². The Labute approximate surface area is 94.7 Å². The maximum Gasteiger partial charge on any atom is 0.0697 e. The molecule has 1 unspecified atom stereocenters. The van der Waals surface area contributed by atoms with Crippen LogP contribution >= 0.6 is 0 Å². The highest BCUT2D eigenvalue weighted by Crippen LogP contribution is 2.30. The molecule has 2 aromatic heterocycles. The molecule has 3 heteroatoms. The lowest BCUT2D eigenvalue weighted by molar-refractivity contribution is 0.0459. The molecule has 0 spiro atoms. The van der Waals surface area contributed by atoms with Crippen molar-refractivity contribution in [1.82, 2.24) is 9.61 Å². The van der Waals surface area contributed by atoms with Gasteiger partial charge in [0.2, 0.25) is 0 Å². The smallest absolute Gasteiger partial charge is 0.0697 e. The molecule has 3 rings (SSSR count). The summed E-state index contributed by atoms with van der Waals surface area (Å²) in [4.78, 5) is 0. The Morgan fingerprint density at radius 2 is 2.25 bits per heavy atom. The van der Waals surface area contributed by atoms with Crippen molar-refractivity contribution in [3.63, 3.8) is 0 Å². The molecule has 2 aromatic rings. The third kappa shape index (κ3) is 1.43. The molecular weight excluding hydrogens is 200 g/mol. The summed E-state index contributed by atoms with van der Waals surface area (Å²) in [6.45, 7) is 3.98. The molecule has 1 aliphatic rings. The van der Waals surface area contributed by atoms with E-state index in [4.69, 9.17) is 0 Å². The number of aliphatic hydroxyl groups is 1. The van der Waals surface area contributed by atoms with Gasteiger partial charge < -0.3 is 5.11 Å². The minimum absolute atomic E-state index is 0.568. The van der Waals surface area contributed by atoms with Gasteiger partial charge in [0.1, 0.15) is 0 Å². The Bertz CT molecular complexity index is 554. The maximum absolute atomic E-state index is 10.1. The van der Waals surface area contributed by atoms with Crippen molar-refractivity contribution in [2.24, 2.45) is 0 Å². The zero-order chi connectivity index (χ0) is 11.3. The number of pyridine rings is 1. The molecular formula is C13H16N2O. The molecule has 1 N–H and O–H groups in total. The van der Waals surface area contributed by atoms with Crippen LogP contribution in [0.1, 0.15) is 30.2 Å². The van der Waals surface area contributed by atoms with Crippen molar-refractivity contribution in [1.29, 1.82) is 0 Å². The van der Waals surface area contributed by atoms with E-state index in [1.165, 1.54) is 11.1 Å². The molecule has 1 atom stereocenters. The molecule has 0 saturated carbocycles. The molecule has 0 bridgehead atoms. The average molecular weight is 216 g/mol. The van der Waals surface area contributed by atoms with Gasteiger partial charge in [-0.1, -0.05) is 6.07 Å². The largest absolute Gasteiger partial charge is 0.390 e. The van der Waals surface area contributed by atoms with Crippen LogP contribution in [0, 0.1) is 6.92 Å². The van der Waals surface area contributed by atoms with E-state index in [1.807, 2.05) is 17.6 Å². The summed E-state index contributed by atoms with van der Waals surface area (Å²) in [5.41, 5.74) is 4.15. The second-order valence-corrected chi connectivity index (χ2v) is 5.14. The number of hydrogen-bond donors (Lipinski definition) is 1. The van der Waals surface area contributed by atoms with Crippen molar-refractivity contribution in [3.05, 3.63) is 35.2 Å². The number of aryl methyl sites for hydroxylation is 2. The molecule has 0 amide bonds. The van der Waals surface area contributed by atoms with Gasteiger partial charge in [0.15, 0.2) is 0 Å². The first-order valence-corrected chi connectivity index (χ1v) is 5.74. The lowest BCUT2D eigenvalue weighted by atomic mass is 9.84. The molecule has 84 valence electrons. The fourth-order valence-electron chi connectivity index (χ4n) is 2.50. The predicted molar refractivity (Wildman–Crippen MR) is 62.6 cm³/mol. The second-order valence-electron chi connectivity index (χ2n) is 5.14. The van der Waals surface area contributed by atoms with Crippen LogP contribution in [0.4, 0.5) is 0 Å². The van der Waals surface area contributed by atoms with Gasteiger partial charge >= 0.3 is 0 Å². The van der Waals surface area contributed by atoms with Gasteiger partial charge in [-0.15, -0.1) is 0 Å². The molecule has 0 aliphatic heterocycles. The lowest BCUT2D eigenvalue weighted by Crippen LogP contribution is -2.31. The van der Waals surface area contributed by atoms with Crippen molar-refractivity contribution >= 4 is 5.52 Å². The van der Waals surface area contributed by atoms with Gasteiger partial charge in [0.25, 0.3) is 0 Å². The first kappa shape index (κ1) is 9.85. The molecule has 0 aromatic carbocycles. The van der Waals surface area contributed by atoms with Gasteiger partial charge in [0.05, 0.1) is 16.8 Å². The van der Waals surface area contributed by atoms with E-state index in [1.54, 1.807) is 0 Å². The lowest BCUT2D eigenvalue weighted by Gasteiger charge is -2.27. The molecule has 0 fully saturated rings. The van der Waals surface area contributed by atoms with E-state index in [0.717, 1.165) is 30.5 Å². The first-order valence-electron chi connectivity index (χ1n) is 5.74. The highest BCUT2D eigenvalue weighted by Gasteiger charge is 2.30. The van der Waals surface area contributed by atoms with Crippen LogP contribution in [0.25, 0.3) is 5.52 Å². The summed E-state index contributed by atoms with van der Waals surface area (Å²) in [5.74, 6) is 0. The van der Waals surface area contributed by atoms with Crippen LogP contribution < -0.4 is 0 Å². The van der Waals surface area contributed by atoms with Gasteiger partial charge in [0, 0.05) is 18.2 Å². The third-order valence-corrected chi connectivity index (χ3v) is 3.42. The summed E-state index contributed by atoms with van der Waals surface area (Å²) in [5, 5.41) is 14.7. The van der Waals surface area contributed by atoms with E-state index in [0.29, 0.717) is 0 Å². The Hall–Kier alpha value is -1.35. The monoisotopic (exact) mass is 216 g/mol. The number of aromatic nitrogens is 2. The highest BCUT2D eigenvalue weighted by molar-refractivity contribution is 5.58. The molecule has 3 nitrogen and oxygen atoms in total. The zero-order valence-electron chi connectivity index (χ0n) is 9.70. The number of fused-ring (bicyclic) bond motifs is 3. The summed E-state index contributed by atoms with van der Waals surface area (Å²) in [6.07, 6.45) is 4.45. The molecule has 1 aliphatic carbocycles. The minimum Gasteiger partial charge on any atom is -0.390 e. The van der Waals surface area contributed by atoms with Crippen molar-refractivity contribution < 1.29 is 5.11 Å². The molecule has 0 radical (unpaired) electrons. The first-order chi connectivity index (χ1) is 7.55. The fourth-order valence-corrected chi connectivity index (χ4v) is 2.50. The highest BCUT2D eigenvalue weighted by atomic mass is 16.3. The van der Waals surface area contributed by atoms with Gasteiger partial charge in [-0.25, -0.2) is 4.52 Å². The maximum atomic E-state index is 10.1. The van der Waals surface area contributed by atoms with E-state index in [2.05, 4.69) is 24.2 Å². The summed E-state index contributed by atoms with van der Waals surface area (Å²) in [6, 6.07) is 4.20. The zero-order valence-corrected chi connectivity index (χ0v) is 9.70. The van der Waals surface area contributed by atoms with Crippen molar-refractivity contribution in [2.75, 3.05) is 0 Å². The van der Waals surface area contributed by atoms with E-state index in [9.17, 15) is 5.11 Å². The Kier molecular flexibility index (Phi) is 1.89. The van der Waals surface area contributed by atoms with Gasteiger partial charge in [-0.2, -0.15) is 5.10 Å². The Morgan fingerprint density at radius 3 is 3.06 bits per heavy atom. The van der Waals surface area contributed by atoms with E-state index in [-0.39, 0.29) is 0 Å². The Balaban J connectivity index is 2.22. The predicted octanol–water partition coefficient (Wildman–Crippen LogP) is 1.88. The third-order valence-electron chi connectivity index (χ3n) is 3.42. The van der Waals surface area contributed by atoms with Gasteiger partial charge in [-0.05, 0) is 38.3 Å². The van der Waals surface area contributed by atoms with Crippen molar-refractivity contribution in [2.45, 2.75) is 38.7 Å². The topological polar surface area (TPSA) is 37.5 Å². The van der Waals surface area contributed by atoms with Crippen LogP contribution in [0.5, 0.6) is 0 Å². The average Bonchev–Trinajstić information content (AvgIpc) is 2.53. The van der Waals surface area contributed by atoms with Gasteiger partial charge in [-0.3, -0.25) is 0 Å². The van der Waals surface area contributed by atoms with E-state index >= 15 is 0 Å². The van der Waals surface area contributed by atoms with Crippen LogP contribution in [0.15, 0.2) is 18.3 Å². The number of rotatable bonds is 0. The molecule has 16 heavy (non-hydrogen) atoms. The van der Waals surface area contributed by atoms with Crippen LogP contribution in [0.3, 0.4) is 0 Å². The summed E-state index contributed by atoms with van der Waals surface area (Å²) < 4.78 is 1.95. The summed E-state index contributed by atoms with van der Waals surface area (Å²) in [7, 11) is 0. The quantitative estimate of drug-likeness (QED) is 0.730. The van der Waals surface area contributed by atoms with E-state index < -0.39 is 5.60 Å². The Morgan fingerprint density at radius 1 is 1.44 bits per heavy atom. The summed E-state index contributed by atoms with van der Waals surface area (Å²) >= 11 is 0. The number of hydrogen-bond acceptors (Lipinski definition) is 2. The molecule has 0 saturated heterocycles. The van der Waals surface area contributed by atoms with Crippen LogP contribution in [-0.2, 0) is 12.8 Å². The molecule has 2 heterocycles. The van der Waals surface area contributed by atoms with Crippen LogP contribution in [0.2, 0.25) is 0 Å².